The first-order valence-corrected chi connectivity index (χ1v) is 7.40. The number of aromatic carboxylic acids is 1. The lowest BCUT2D eigenvalue weighted by Gasteiger charge is -2.05. The Morgan fingerprint density at radius 1 is 1.45 bits per heavy atom. The van der Waals surface area contributed by atoms with Gasteiger partial charge >= 0.3 is 5.97 Å². The maximum absolute atomic E-state index is 11.2. The lowest BCUT2D eigenvalue weighted by atomic mass is 10.2. The smallest absolute Gasteiger partial charge is 0.349 e. The van der Waals surface area contributed by atoms with Gasteiger partial charge in [0.05, 0.1) is 6.61 Å². The standard InChI is InChI=1S/C15H17NO3S/c1-2-4-12-9-13(14(20-12)15(17)18)19-8-6-11-5-3-7-16-10-11/h3,5,7,9-10H,2,4,6,8H2,1H3,(H,17,18). The minimum absolute atomic E-state index is 0.291. The first-order chi connectivity index (χ1) is 9.70. The van der Waals surface area contributed by atoms with Gasteiger partial charge in [-0.3, -0.25) is 4.98 Å². The molecule has 0 fully saturated rings. The van der Waals surface area contributed by atoms with Gasteiger partial charge in [-0.1, -0.05) is 19.4 Å². The monoisotopic (exact) mass is 291 g/mol. The van der Waals surface area contributed by atoms with Crippen molar-refractivity contribution in [2.24, 2.45) is 0 Å². The third kappa shape index (κ3) is 3.81. The number of thiophene rings is 1. The van der Waals surface area contributed by atoms with E-state index < -0.39 is 5.97 Å². The van der Waals surface area contributed by atoms with Crippen molar-refractivity contribution < 1.29 is 14.6 Å². The van der Waals surface area contributed by atoms with Gasteiger partial charge in [0.25, 0.3) is 0 Å². The van der Waals surface area contributed by atoms with E-state index in [1.165, 1.54) is 11.3 Å². The summed E-state index contributed by atoms with van der Waals surface area (Å²) in [6.07, 6.45) is 6.11. The Bertz CT molecular complexity index is 566. The molecule has 2 aromatic heterocycles. The molecule has 0 aliphatic rings. The molecule has 0 aromatic carbocycles. The Hall–Kier alpha value is -1.88. The molecule has 0 aliphatic heterocycles. The molecule has 4 nitrogen and oxygen atoms in total. The van der Waals surface area contributed by atoms with Crippen molar-refractivity contribution in [3.63, 3.8) is 0 Å². The molecule has 0 amide bonds. The molecular formula is C15H17NO3S. The summed E-state index contributed by atoms with van der Waals surface area (Å²) < 4.78 is 5.63. The molecule has 0 atom stereocenters. The van der Waals surface area contributed by atoms with Crippen LogP contribution in [0.25, 0.3) is 0 Å². The van der Waals surface area contributed by atoms with Crippen molar-refractivity contribution >= 4 is 17.3 Å². The average molecular weight is 291 g/mol. The normalized spacial score (nSPS) is 10.4. The highest BCUT2D eigenvalue weighted by Crippen LogP contribution is 2.30. The second-order valence-corrected chi connectivity index (χ2v) is 5.56. The predicted molar refractivity (Wildman–Crippen MR) is 78.7 cm³/mol. The third-order valence-electron chi connectivity index (χ3n) is 2.81. The maximum atomic E-state index is 11.2. The summed E-state index contributed by atoms with van der Waals surface area (Å²) >= 11 is 1.30. The second kappa shape index (κ2) is 7.05. The van der Waals surface area contributed by atoms with E-state index in [2.05, 4.69) is 11.9 Å². The van der Waals surface area contributed by atoms with E-state index in [9.17, 15) is 9.90 Å². The number of rotatable bonds is 7. The lowest BCUT2D eigenvalue weighted by molar-refractivity contribution is 0.0698. The van der Waals surface area contributed by atoms with Crippen molar-refractivity contribution in [3.05, 3.63) is 45.9 Å². The van der Waals surface area contributed by atoms with Gasteiger partial charge in [-0.2, -0.15) is 0 Å². The molecule has 0 saturated heterocycles. The molecule has 2 aromatic rings. The van der Waals surface area contributed by atoms with Crippen LogP contribution in [0.4, 0.5) is 0 Å². The Kier molecular flexibility index (Phi) is 5.12. The minimum Gasteiger partial charge on any atom is -0.491 e. The highest BCUT2D eigenvalue weighted by molar-refractivity contribution is 7.14. The summed E-state index contributed by atoms with van der Waals surface area (Å²) in [5, 5.41) is 9.18. The van der Waals surface area contributed by atoms with E-state index in [1.807, 2.05) is 18.2 Å². The first kappa shape index (κ1) is 14.5. The summed E-state index contributed by atoms with van der Waals surface area (Å²) in [6, 6.07) is 5.70. The number of carboxylic acids is 1. The van der Waals surface area contributed by atoms with Gasteiger partial charge in [0.15, 0.2) is 4.88 Å². The molecule has 0 bridgehead atoms. The Morgan fingerprint density at radius 3 is 2.95 bits per heavy atom. The number of nitrogens with zero attached hydrogens (tertiary/aromatic N) is 1. The number of carboxylic acid groups (broad SMARTS) is 1. The van der Waals surface area contributed by atoms with E-state index in [0.29, 0.717) is 23.7 Å². The molecule has 0 aliphatic carbocycles. The van der Waals surface area contributed by atoms with Crippen LogP contribution in [-0.4, -0.2) is 22.7 Å². The van der Waals surface area contributed by atoms with E-state index in [0.717, 1.165) is 23.3 Å². The van der Waals surface area contributed by atoms with Crippen molar-refractivity contribution in [1.82, 2.24) is 4.98 Å². The first-order valence-electron chi connectivity index (χ1n) is 6.58. The van der Waals surface area contributed by atoms with Gasteiger partial charge < -0.3 is 9.84 Å². The summed E-state index contributed by atoms with van der Waals surface area (Å²) in [5.74, 6) is -0.441. The van der Waals surface area contributed by atoms with Crippen LogP contribution < -0.4 is 4.74 Å². The van der Waals surface area contributed by atoms with Crippen LogP contribution in [0.2, 0.25) is 0 Å². The minimum atomic E-state index is -0.922. The second-order valence-electron chi connectivity index (χ2n) is 4.42. The Labute approximate surface area is 122 Å². The molecule has 2 rings (SSSR count). The zero-order valence-corrected chi connectivity index (χ0v) is 12.2. The summed E-state index contributed by atoms with van der Waals surface area (Å²) in [7, 11) is 0. The number of hydrogen-bond acceptors (Lipinski definition) is 4. The third-order valence-corrected chi connectivity index (χ3v) is 3.97. The van der Waals surface area contributed by atoms with Crippen molar-refractivity contribution in [1.29, 1.82) is 0 Å². The molecule has 0 spiro atoms. The zero-order chi connectivity index (χ0) is 14.4. The molecule has 0 unspecified atom stereocenters. The highest BCUT2D eigenvalue weighted by Gasteiger charge is 2.16. The van der Waals surface area contributed by atoms with Gasteiger partial charge in [0, 0.05) is 23.7 Å². The fourth-order valence-electron chi connectivity index (χ4n) is 1.87. The SMILES string of the molecule is CCCc1cc(OCCc2cccnc2)c(C(=O)O)s1. The van der Waals surface area contributed by atoms with Gasteiger partial charge in [0.2, 0.25) is 0 Å². The number of ether oxygens (including phenoxy) is 1. The van der Waals surface area contributed by atoms with E-state index in [1.54, 1.807) is 12.4 Å². The van der Waals surface area contributed by atoms with Gasteiger partial charge in [-0.25, -0.2) is 4.79 Å². The molecule has 2 heterocycles. The van der Waals surface area contributed by atoms with Crippen LogP contribution in [0.1, 0.15) is 33.5 Å². The number of aryl methyl sites for hydroxylation is 1. The maximum Gasteiger partial charge on any atom is 0.349 e. The molecule has 0 radical (unpaired) electrons. The van der Waals surface area contributed by atoms with Gasteiger partial charge in [-0.05, 0) is 24.1 Å². The largest absolute Gasteiger partial charge is 0.491 e. The topological polar surface area (TPSA) is 59.4 Å². The molecule has 20 heavy (non-hydrogen) atoms. The van der Waals surface area contributed by atoms with Crippen LogP contribution in [-0.2, 0) is 12.8 Å². The van der Waals surface area contributed by atoms with Gasteiger partial charge in [-0.15, -0.1) is 11.3 Å². The molecular weight excluding hydrogens is 274 g/mol. The molecule has 5 heteroatoms. The number of aromatic nitrogens is 1. The summed E-state index contributed by atoms with van der Waals surface area (Å²) in [6.45, 7) is 2.53. The van der Waals surface area contributed by atoms with E-state index >= 15 is 0 Å². The van der Waals surface area contributed by atoms with Crippen molar-refractivity contribution in [2.75, 3.05) is 6.61 Å². The fraction of sp³-hybridized carbons (Fsp3) is 0.333. The number of carbonyl (C=O) groups is 1. The predicted octanol–water partition coefficient (Wildman–Crippen LogP) is 3.42. The van der Waals surface area contributed by atoms with Crippen LogP contribution in [0.3, 0.4) is 0 Å². The van der Waals surface area contributed by atoms with Crippen molar-refractivity contribution in [2.45, 2.75) is 26.2 Å². The summed E-state index contributed by atoms with van der Waals surface area (Å²) in [5.41, 5.74) is 1.08. The molecule has 1 N–H and O–H groups in total. The number of hydrogen-bond donors (Lipinski definition) is 1. The lowest BCUT2D eigenvalue weighted by Crippen LogP contribution is -2.04. The average Bonchev–Trinajstić information content (AvgIpc) is 2.84. The number of pyridine rings is 1. The van der Waals surface area contributed by atoms with Crippen LogP contribution in [0.15, 0.2) is 30.6 Å². The van der Waals surface area contributed by atoms with E-state index in [4.69, 9.17) is 4.74 Å². The zero-order valence-electron chi connectivity index (χ0n) is 11.3. The fourth-order valence-corrected chi connectivity index (χ4v) is 2.91. The molecule has 0 saturated carbocycles. The summed E-state index contributed by atoms with van der Waals surface area (Å²) in [4.78, 5) is 16.6. The molecule has 106 valence electrons. The highest BCUT2D eigenvalue weighted by atomic mass is 32.1. The Morgan fingerprint density at radius 2 is 2.30 bits per heavy atom. The Balaban J connectivity index is 1.99. The van der Waals surface area contributed by atoms with Crippen molar-refractivity contribution in [3.8, 4) is 5.75 Å². The quantitative estimate of drug-likeness (QED) is 0.849. The van der Waals surface area contributed by atoms with Crippen LogP contribution in [0, 0.1) is 0 Å². The van der Waals surface area contributed by atoms with Gasteiger partial charge in [0.1, 0.15) is 5.75 Å². The van der Waals surface area contributed by atoms with Crippen LogP contribution >= 0.6 is 11.3 Å². The van der Waals surface area contributed by atoms with Crippen LogP contribution in [0.5, 0.6) is 5.75 Å². The van der Waals surface area contributed by atoms with E-state index in [-0.39, 0.29) is 0 Å².